The molecular formula is C15H19BrN2O3. The summed E-state index contributed by atoms with van der Waals surface area (Å²) in [4.78, 5) is 25.0. The van der Waals surface area contributed by atoms with Gasteiger partial charge in [0.1, 0.15) is 0 Å². The van der Waals surface area contributed by atoms with Gasteiger partial charge in [-0.1, -0.05) is 13.0 Å². The van der Waals surface area contributed by atoms with E-state index in [0.29, 0.717) is 13.1 Å². The maximum absolute atomic E-state index is 12.1. The molecule has 2 atom stereocenters. The van der Waals surface area contributed by atoms with E-state index in [0.717, 1.165) is 15.7 Å². The summed E-state index contributed by atoms with van der Waals surface area (Å²) in [7, 11) is 0. The zero-order valence-corrected chi connectivity index (χ0v) is 13.7. The van der Waals surface area contributed by atoms with Crippen LogP contribution in [0.3, 0.4) is 0 Å². The highest BCUT2D eigenvalue weighted by atomic mass is 79.9. The van der Waals surface area contributed by atoms with Gasteiger partial charge in [-0.3, -0.25) is 14.5 Å². The van der Waals surface area contributed by atoms with Gasteiger partial charge in [-0.05, 0) is 46.5 Å². The van der Waals surface area contributed by atoms with Crippen LogP contribution in [0.15, 0.2) is 22.7 Å². The number of benzene rings is 1. The second-order valence-corrected chi connectivity index (χ2v) is 6.50. The van der Waals surface area contributed by atoms with Crippen molar-refractivity contribution in [3.8, 4) is 0 Å². The average Bonchev–Trinajstić information content (AvgIpc) is 2.74. The Hall–Kier alpha value is -1.40. The van der Waals surface area contributed by atoms with Crippen LogP contribution in [0, 0.1) is 18.8 Å². The second kappa shape index (κ2) is 6.58. The average molecular weight is 355 g/mol. The van der Waals surface area contributed by atoms with Crippen molar-refractivity contribution in [2.45, 2.75) is 13.8 Å². The Bertz CT molecular complexity index is 562. The topological polar surface area (TPSA) is 69.6 Å². The molecule has 0 bridgehead atoms. The van der Waals surface area contributed by atoms with Gasteiger partial charge in [0.05, 0.1) is 18.2 Å². The Morgan fingerprint density at radius 2 is 2.14 bits per heavy atom. The van der Waals surface area contributed by atoms with Crippen LogP contribution in [-0.4, -0.2) is 41.5 Å². The van der Waals surface area contributed by atoms with Crippen LogP contribution in [-0.2, 0) is 9.59 Å². The van der Waals surface area contributed by atoms with Crippen molar-refractivity contribution in [1.82, 2.24) is 4.90 Å². The summed E-state index contributed by atoms with van der Waals surface area (Å²) in [5.41, 5.74) is 1.84. The van der Waals surface area contributed by atoms with Crippen molar-refractivity contribution in [3.63, 3.8) is 0 Å². The number of carbonyl (C=O) groups is 2. The van der Waals surface area contributed by atoms with Crippen molar-refractivity contribution >= 4 is 33.5 Å². The van der Waals surface area contributed by atoms with E-state index < -0.39 is 5.97 Å². The molecule has 2 rings (SSSR count). The van der Waals surface area contributed by atoms with E-state index in [1.807, 2.05) is 36.9 Å². The summed E-state index contributed by atoms with van der Waals surface area (Å²) >= 11 is 3.42. The minimum absolute atomic E-state index is 0.0708. The predicted molar refractivity (Wildman–Crippen MR) is 84.2 cm³/mol. The molecule has 1 aliphatic heterocycles. The molecule has 1 saturated heterocycles. The normalized spacial score (nSPS) is 22.2. The Morgan fingerprint density at radius 3 is 2.71 bits per heavy atom. The van der Waals surface area contributed by atoms with Crippen molar-refractivity contribution < 1.29 is 14.7 Å². The molecule has 2 N–H and O–H groups in total. The number of likely N-dealkylation sites (tertiary alicyclic amines) is 1. The molecule has 1 aromatic rings. The molecule has 1 aliphatic rings. The van der Waals surface area contributed by atoms with E-state index in [1.165, 1.54) is 0 Å². The Labute approximate surface area is 132 Å². The van der Waals surface area contributed by atoms with Crippen molar-refractivity contribution in [3.05, 3.63) is 28.2 Å². The fraction of sp³-hybridized carbons (Fsp3) is 0.467. The van der Waals surface area contributed by atoms with Crippen LogP contribution in [0.25, 0.3) is 0 Å². The Kier molecular flexibility index (Phi) is 5.00. The van der Waals surface area contributed by atoms with Crippen LogP contribution in [0.5, 0.6) is 0 Å². The van der Waals surface area contributed by atoms with Crippen LogP contribution in [0.2, 0.25) is 0 Å². The number of nitrogens with zero attached hydrogens (tertiary/aromatic N) is 1. The Morgan fingerprint density at radius 1 is 1.43 bits per heavy atom. The van der Waals surface area contributed by atoms with E-state index in [1.54, 1.807) is 0 Å². The number of halogens is 1. The van der Waals surface area contributed by atoms with Gasteiger partial charge in [-0.2, -0.15) is 0 Å². The largest absolute Gasteiger partial charge is 0.481 e. The van der Waals surface area contributed by atoms with Crippen LogP contribution < -0.4 is 5.32 Å². The summed E-state index contributed by atoms with van der Waals surface area (Å²) < 4.78 is 0.842. The van der Waals surface area contributed by atoms with E-state index in [2.05, 4.69) is 21.2 Å². The van der Waals surface area contributed by atoms with Gasteiger partial charge in [0, 0.05) is 17.6 Å². The number of aliphatic carboxylic acids is 1. The highest BCUT2D eigenvalue weighted by molar-refractivity contribution is 9.10. The number of carboxylic acids is 1. The SMILES string of the molecule is Cc1ccc(NC(=O)CN2C[C@@H](C)[C@H](C(=O)O)C2)c(Br)c1. The summed E-state index contributed by atoms with van der Waals surface area (Å²) in [5.74, 6) is -1.23. The zero-order chi connectivity index (χ0) is 15.6. The fourth-order valence-corrected chi connectivity index (χ4v) is 3.22. The number of hydrogen-bond donors (Lipinski definition) is 2. The van der Waals surface area contributed by atoms with E-state index in [4.69, 9.17) is 5.11 Å². The molecule has 6 heteroatoms. The lowest BCUT2D eigenvalue weighted by Crippen LogP contribution is -2.32. The number of carboxylic acid groups (broad SMARTS) is 1. The minimum Gasteiger partial charge on any atom is -0.481 e. The molecule has 21 heavy (non-hydrogen) atoms. The second-order valence-electron chi connectivity index (χ2n) is 5.65. The van der Waals surface area contributed by atoms with Crippen LogP contribution in [0.4, 0.5) is 5.69 Å². The van der Waals surface area contributed by atoms with Crippen molar-refractivity contribution in [1.29, 1.82) is 0 Å². The number of rotatable bonds is 4. The van der Waals surface area contributed by atoms with Gasteiger partial charge in [0.15, 0.2) is 0 Å². The highest BCUT2D eigenvalue weighted by Gasteiger charge is 2.35. The lowest BCUT2D eigenvalue weighted by atomic mass is 9.99. The molecule has 5 nitrogen and oxygen atoms in total. The smallest absolute Gasteiger partial charge is 0.308 e. The third-order valence-corrected chi connectivity index (χ3v) is 4.43. The number of aryl methyl sites for hydroxylation is 1. The van der Waals surface area contributed by atoms with E-state index in [-0.39, 0.29) is 24.3 Å². The Balaban J connectivity index is 1.92. The monoisotopic (exact) mass is 354 g/mol. The first-order valence-corrected chi connectivity index (χ1v) is 7.67. The number of amides is 1. The minimum atomic E-state index is -0.785. The van der Waals surface area contributed by atoms with Gasteiger partial charge in [-0.25, -0.2) is 0 Å². The van der Waals surface area contributed by atoms with E-state index >= 15 is 0 Å². The molecule has 1 heterocycles. The van der Waals surface area contributed by atoms with Crippen LogP contribution in [0.1, 0.15) is 12.5 Å². The molecule has 0 radical (unpaired) electrons. The molecule has 1 aromatic carbocycles. The molecule has 0 saturated carbocycles. The predicted octanol–water partition coefficient (Wildman–Crippen LogP) is 2.35. The fourth-order valence-electron chi connectivity index (χ4n) is 2.63. The molecule has 1 amide bonds. The summed E-state index contributed by atoms with van der Waals surface area (Å²) in [5, 5.41) is 11.9. The third kappa shape index (κ3) is 4.04. The van der Waals surface area contributed by atoms with E-state index in [9.17, 15) is 9.59 Å². The zero-order valence-electron chi connectivity index (χ0n) is 12.1. The highest BCUT2D eigenvalue weighted by Crippen LogP contribution is 2.25. The number of nitrogens with one attached hydrogen (secondary N) is 1. The van der Waals surface area contributed by atoms with Crippen LogP contribution >= 0.6 is 15.9 Å². The number of carbonyl (C=O) groups excluding carboxylic acids is 1. The molecule has 0 unspecified atom stereocenters. The summed E-state index contributed by atoms with van der Waals surface area (Å²) in [6.45, 7) is 5.17. The number of anilines is 1. The third-order valence-electron chi connectivity index (χ3n) is 3.77. The summed E-state index contributed by atoms with van der Waals surface area (Å²) in [6.07, 6.45) is 0. The standard InChI is InChI=1S/C15H19BrN2O3/c1-9-3-4-13(12(16)5-9)17-14(19)8-18-6-10(2)11(7-18)15(20)21/h3-5,10-11H,6-8H2,1-2H3,(H,17,19)(H,20,21)/t10-,11-/m1/s1. The van der Waals surface area contributed by atoms with Crippen molar-refractivity contribution in [2.24, 2.45) is 11.8 Å². The first-order valence-electron chi connectivity index (χ1n) is 6.88. The maximum Gasteiger partial charge on any atom is 0.308 e. The van der Waals surface area contributed by atoms with Gasteiger partial charge in [0.25, 0.3) is 0 Å². The first kappa shape index (κ1) is 16.0. The van der Waals surface area contributed by atoms with Gasteiger partial charge < -0.3 is 10.4 Å². The lowest BCUT2D eigenvalue weighted by Gasteiger charge is -2.15. The quantitative estimate of drug-likeness (QED) is 0.870. The first-order chi connectivity index (χ1) is 9.86. The molecule has 114 valence electrons. The van der Waals surface area contributed by atoms with Gasteiger partial charge in [-0.15, -0.1) is 0 Å². The molecular weight excluding hydrogens is 336 g/mol. The molecule has 0 aromatic heterocycles. The number of hydrogen-bond acceptors (Lipinski definition) is 3. The molecule has 0 spiro atoms. The van der Waals surface area contributed by atoms with Crippen molar-refractivity contribution in [2.75, 3.05) is 25.0 Å². The lowest BCUT2D eigenvalue weighted by molar-refractivity contribution is -0.142. The maximum atomic E-state index is 12.1. The molecule has 0 aliphatic carbocycles. The van der Waals surface area contributed by atoms with Gasteiger partial charge >= 0.3 is 5.97 Å². The summed E-state index contributed by atoms with van der Waals surface area (Å²) in [6, 6.07) is 5.72. The molecule has 1 fully saturated rings. The van der Waals surface area contributed by atoms with Gasteiger partial charge in [0.2, 0.25) is 5.91 Å².